The smallest absolute Gasteiger partial charge is 0.416 e. The third-order valence-electron chi connectivity index (χ3n) is 5.71. The quantitative estimate of drug-likeness (QED) is 0.618. The van der Waals surface area contributed by atoms with E-state index in [9.17, 15) is 18.0 Å². The normalized spacial score (nSPS) is 17.0. The molecule has 2 amide bonds. The summed E-state index contributed by atoms with van der Waals surface area (Å²) in [5, 5.41) is 5.18. The summed E-state index contributed by atoms with van der Waals surface area (Å²) in [4.78, 5) is 16.6. The van der Waals surface area contributed by atoms with Gasteiger partial charge in [0.2, 0.25) is 0 Å². The summed E-state index contributed by atoms with van der Waals surface area (Å²) in [6, 6.07) is 6.80. The average molecular weight is 513 g/mol. The zero-order valence-corrected chi connectivity index (χ0v) is 19.1. The maximum Gasteiger partial charge on any atom is 0.416 e. The Labute approximate surface area is 192 Å². The molecular weight excluding hydrogens is 489 g/mol. The van der Waals surface area contributed by atoms with Crippen molar-refractivity contribution in [1.82, 2.24) is 9.80 Å². The Kier molecular flexibility index (Phi) is 6.64. The molecule has 0 spiro atoms. The lowest BCUT2D eigenvalue weighted by atomic mass is 10.0. The van der Waals surface area contributed by atoms with Crippen LogP contribution in [0, 0.1) is 0 Å². The van der Waals surface area contributed by atoms with Gasteiger partial charge in [-0.3, -0.25) is 4.90 Å². The highest BCUT2D eigenvalue weighted by Crippen LogP contribution is 2.39. The van der Waals surface area contributed by atoms with Gasteiger partial charge in [-0.1, -0.05) is 22.0 Å². The number of rotatable bonds is 4. The Balaban J connectivity index is 1.48. The van der Waals surface area contributed by atoms with Crippen molar-refractivity contribution >= 4 is 33.3 Å². The molecule has 4 rings (SSSR count). The number of ether oxygens (including phenoxy) is 1. The predicted octanol–water partition coefficient (Wildman–Crippen LogP) is 4.79. The fourth-order valence-corrected chi connectivity index (χ4v) is 4.45. The predicted molar refractivity (Wildman–Crippen MR) is 120 cm³/mol. The molecule has 172 valence electrons. The number of carbonyl (C=O) groups is 1. The molecule has 2 aliphatic heterocycles. The summed E-state index contributed by atoms with van der Waals surface area (Å²) in [5.41, 5.74) is 0.970. The van der Waals surface area contributed by atoms with Gasteiger partial charge in [0.1, 0.15) is 5.75 Å². The highest BCUT2D eigenvalue weighted by atomic mass is 79.9. The van der Waals surface area contributed by atoms with Crippen molar-refractivity contribution in [3.8, 4) is 5.75 Å². The van der Waals surface area contributed by atoms with Crippen LogP contribution in [-0.4, -0.2) is 55.7 Å². The molecule has 1 saturated heterocycles. The maximum absolute atomic E-state index is 13.7. The number of hydrogen-bond donors (Lipinski definition) is 2. The van der Waals surface area contributed by atoms with Crippen LogP contribution >= 0.6 is 15.9 Å². The Morgan fingerprint density at radius 3 is 2.59 bits per heavy atom. The molecule has 2 aromatic rings. The second kappa shape index (κ2) is 9.29. The number of nitrogens with one attached hydrogen (secondary N) is 2. The molecule has 0 bridgehead atoms. The van der Waals surface area contributed by atoms with Gasteiger partial charge in [0.25, 0.3) is 0 Å². The van der Waals surface area contributed by atoms with Crippen molar-refractivity contribution in [2.45, 2.75) is 19.1 Å². The minimum atomic E-state index is -4.52. The fourth-order valence-electron chi connectivity index (χ4n) is 3.94. The zero-order valence-electron chi connectivity index (χ0n) is 17.6. The molecule has 2 heterocycles. The summed E-state index contributed by atoms with van der Waals surface area (Å²) in [5.74, 6) is 0.577. The van der Waals surface area contributed by atoms with Gasteiger partial charge in [-0.25, -0.2) is 4.79 Å². The number of hydrogen-bond acceptors (Lipinski definition) is 4. The van der Waals surface area contributed by atoms with Crippen LogP contribution in [0.1, 0.15) is 16.7 Å². The van der Waals surface area contributed by atoms with E-state index in [-0.39, 0.29) is 17.8 Å². The standard InChI is InChI=1S/C22H24BrF3N4O2/c1-29-7-9-30(10-8-29)13-14-2-3-15(12-17(14)22(24,25)26)27-21(31)28-19-5-4-18(23)16-6-11-32-20(16)19/h2-5,12H,6-11,13H2,1H3,(H2,27,28,31). The van der Waals surface area contributed by atoms with Gasteiger partial charge < -0.3 is 20.3 Å². The van der Waals surface area contributed by atoms with E-state index >= 15 is 0 Å². The second-order valence-corrected chi connectivity index (χ2v) is 8.88. The summed E-state index contributed by atoms with van der Waals surface area (Å²) >= 11 is 3.45. The number of benzene rings is 2. The van der Waals surface area contributed by atoms with Crippen LogP contribution in [0.3, 0.4) is 0 Å². The van der Waals surface area contributed by atoms with Gasteiger partial charge in [0.15, 0.2) is 0 Å². The Morgan fingerprint density at radius 2 is 1.88 bits per heavy atom. The zero-order chi connectivity index (χ0) is 22.9. The van der Waals surface area contributed by atoms with E-state index in [1.54, 1.807) is 12.1 Å². The monoisotopic (exact) mass is 512 g/mol. The van der Waals surface area contributed by atoms with Crippen molar-refractivity contribution in [2.75, 3.05) is 50.5 Å². The highest BCUT2D eigenvalue weighted by Gasteiger charge is 2.34. The number of halogens is 4. The molecule has 0 unspecified atom stereocenters. The van der Waals surface area contributed by atoms with Crippen molar-refractivity contribution in [1.29, 1.82) is 0 Å². The van der Waals surface area contributed by atoms with Crippen molar-refractivity contribution in [3.05, 3.63) is 51.5 Å². The number of carbonyl (C=O) groups excluding carboxylic acids is 1. The minimum Gasteiger partial charge on any atom is -0.491 e. The number of alkyl halides is 3. The third-order valence-corrected chi connectivity index (χ3v) is 6.46. The lowest BCUT2D eigenvalue weighted by Gasteiger charge is -2.33. The molecule has 10 heteroatoms. The Morgan fingerprint density at radius 1 is 1.12 bits per heavy atom. The number of urea groups is 1. The first-order chi connectivity index (χ1) is 15.2. The molecule has 0 radical (unpaired) electrons. The Bertz CT molecular complexity index is 1010. The van der Waals surface area contributed by atoms with Crippen LogP contribution < -0.4 is 15.4 Å². The number of nitrogens with zero attached hydrogens (tertiary/aromatic N) is 2. The second-order valence-electron chi connectivity index (χ2n) is 8.03. The van der Waals surface area contributed by atoms with Crippen molar-refractivity contribution < 1.29 is 22.7 Å². The first-order valence-corrected chi connectivity index (χ1v) is 11.1. The molecule has 2 N–H and O–H groups in total. The first kappa shape index (κ1) is 22.9. The van der Waals surface area contributed by atoms with Crippen LogP contribution in [-0.2, 0) is 19.1 Å². The van der Waals surface area contributed by atoms with E-state index < -0.39 is 17.8 Å². The molecule has 6 nitrogen and oxygen atoms in total. The molecule has 0 aliphatic carbocycles. The lowest BCUT2D eigenvalue weighted by Crippen LogP contribution is -2.44. The van der Waals surface area contributed by atoms with Crippen molar-refractivity contribution in [3.63, 3.8) is 0 Å². The molecular formula is C22H24BrF3N4O2. The molecule has 2 aromatic carbocycles. The van der Waals surface area contributed by atoms with E-state index in [4.69, 9.17) is 4.74 Å². The van der Waals surface area contributed by atoms with E-state index in [1.165, 1.54) is 12.1 Å². The van der Waals surface area contributed by atoms with Gasteiger partial charge in [0.05, 0.1) is 17.9 Å². The average Bonchev–Trinajstić information content (AvgIpc) is 3.23. The lowest BCUT2D eigenvalue weighted by molar-refractivity contribution is -0.138. The largest absolute Gasteiger partial charge is 0.491 e. The molecule has 32 heavy (non-hydrogen) atoms. The van der Waals surface area contributed by atoms with Crippen LogP contribution in [0.15, 0.2) is 34.8 Å². The van der Waals surface area contributed by atoms with Gasteiger partial charge in [-0.05, 0) is 36.9 Å². The number of piperazine rings is 1. The number of likely N-dealkylation sites (N-methyl/N-ethyl adjacent to an activating group) is 1. The maximum atomic E-state index is 13.7. The van der Waals surface area contributed by atoms with Crippen molar-refractivity contribution in [2.24, 2.45) is 0 Å². The van der Waals surface area contributed by atoms with E-state index in [2.05, 4.69) is 31.5 Å². The van der Waals surface area contributed by atoms with Crippen LogP contribution in [0.2, 0.25) is 0 Å². The summed E-state index contributed by atoms with van der Waals surface area (Å²) in [7, 11) is 2.00. The summed E-state index contributed by atoms with van der Waals surface area (Å²) in [6.07, 6.45) is -3.80. The van der Waals surface area contributed by atoms with E-state index in [1.807, 2.05) is 11.9 Å². The van der Waals surface area contributed by atoms with Crippen LogP contribution in [0.4, 0.5) is 29.3 Å². The highest BCUT2D eigenvalue weighted by molar-refractivity contribution is 9.10. The number of anilines is 2. The SMILES string of the molecule is CN1CCN(Cc2ccc(NC(=O)Nc3ccc(Br)c4c3OCC4)cc2C(F)(F)F)CC1. The van der Waals surface area contributed by atoms with E-state index in [0.29, 0.717) is 18.0 Å². The third kappa shape index (κ3) is 5.19. The molecule has 1 fully saturated rings. The molecule has 0 atom stereocenters. The van der Waals surface area contributed by atoms with Gasteiger partial charge in [0, 0.05) is 54.9 Å². The summed E-state index contributed by atoms with van der Waals surface area (Å²) < 4.78 is 47.7. The fraction of sp³-hybridized carbons (Fsp3) is 0.409. The molecule has 0 saturated carbocycles. The van der Waals surface area contributed by atoms with E-state index in [0.717, 1.165) is 48.7 Å². The van der Waals surface area contributed by atoms with Crippen LogP contribution in [0.25, 0.3) is 0 Å². The van der Waals surface area contributed by atoms with Gasteiger partial charge in [-0.15, -0.1) is 0 Å². The summed E-state index contributed by atoms with van der Waals surface area (Å²) in [6.45, 7) is 3.82. The van der Waals surface area contributed by atoms with Crippen LogP contribution in [0.5, 0.6) is 5.75 Å². The minimum absolute atomic E-state index is 0.0756. The topological polar surface area (TPSA) is 56.8 Å². The first-order valence-electron chi connectivity index (χ1n) is 10.3. The van der Waals surface area contributed by atoms with Gasteiger partial charge in [-0.2, -0.15) is 13.2 Å². The van der Waals surface area contributed by atoms with Gasteiger partial charge >= 0.3 is 12.2 Å². The molecule has 2 aliphatic rings. The Hall–Kier alpha value is -2.30. The number of amides is 2. The number of fused-ring (bicyclic) bond motifs is 1. The molecule has 0 aromatic heterocycles.